The van der Waals surface area contributed by atoms with E-state index in [0.717, 1.165) is 0 Å². The Morgan fingerprint density at radius 3 is 2.48 bits per heavy atom. The molecule has 0 bridgehead atoms. The van der Waals surface area contributed by atoms with Crippen molar-refractivity contribution in [2.45, 2.75) is 12.1 Å². The monoisotopic (exact) mass is 461 g/mol. The lowest BCUT2D eigenvalue weighted by Gasteiger charge is -2.27. The van der Waals surface area contributed by atoms with Gasteiger partial charge < -0.3 is 19.2 Å². The third-order valence-electron chi connectivity index (χ3n) is 5.91. The van der Waals surface area contributed by atoms with Crippen LogP contribution in [0.2, 0.25) is 5.02 Å². The minimum absolute atomic E-state index is 0.0136. The van der Waals surface area contributed by atoms with Gasteiger partial charge in [-0.3, -0.25) is 9.59 Å². The zero-order valence-electron chi connectivity index (χ0n) is 17.7. The zero-order valence-corrected chi connectivity index (χ0v) is 18.5. The number of aliphatic hydroxyl groups excluding tert-OH is 1. The van der Waals surface area contributed by atoms with Crippen molar-refractivity contribution in [1.82, 2.24) is 4.90 Å². The van der Waals surface area contributed by atoms with Gasteiger partial charge in [0.05, 0.1) is 36.8 Å². The van der Waals surface area contributed by atoms with Gasteiger partial charge >= 0.3 is 0 Å². The molecule has 1 aromatic heterocycles. The molecule has 166 valence electrons. The molecular weight excluding hydrogens is 442 g/mol. The fourth-order valence-corrected chi connectivity index (χ4v) is 4.45. The van der Waals surface area contributed by atoms with Crippen LogP contribution in [-0.4, -0.2) is 29.6 Å². The Hall–Kier alpha value is -3.61. The molecular formula is C26H20ClNO5. The molecule has 1 amide bonds. The second-order valence-corrected chi connectivity index (χ2v) is 8.31. The van der Waals surface area contributed by atoms with Crippen LogP contribution in [0.1, 0.15) is 39.4 Å². The molecule has 6 nitrogen and oxygen atoms in total. The van der Waals surface area contributed by atoms with Gasteiger partial charge in [-0.25, -0.2) is 0 Å². The van der Waals surface area contributed by atoms with E-state index >= 15 is 0 Å². The SMILES string of the molecule is COc1ccc(C2c3c(oc4ccc(Cl)cc4c3=O)C(=O)N2CC(O)c2ccccc2)cc1. The van der Waals surface area contributed by atoms with E-state index in [0.29, 0.717) is 27.3 Å². The molecule has 5 rings (SSSR count). The van der Waals surface area contributed by atoms with Crippen molar-refractivity contribution in [1.29, 1.82) is 0 Å². The Kier molecular flexibility index (Phi) is 5.40. The van der Waals surface area contributed by atoms with Crippen LogP contribution >= 0.6 is 11.6 Å². The number of halogens is 1. The second-order valence-electron chi connectivity index (χ2n) is 7.87. The number of nitrogens with zero attached hydrogens (tertiary/aromatic N) is 1. The van der Waals surface area contributed by atoms with Gasteiger partial charge in [0, 0.05) is 5.02 Å². The van der Waals surface area contributed by atoms with E-state index in [1.807, 2.05) is 18.2 Å². The van der Waals surface area contributed by atoms with E-state index in [1.165, 1.54) is 4.90 Å². The number of carbonyl (C=O) groups excluding carboxylic acids is 1. The van der Waals surface area contributed by atoms with Gasteiger partial charge in [0.2, 0.25) is 5.76 Å². The first-order chi connectivity index (χ1) is 16.0. The third kappa shape index (κ3) is 3.67. The molecule has 2 atom stereocenters. The number of rotatable bonds is 5. The first kappa shape index (κ1) is 21.2. The van der Waals surface area contributed by atoms with E-state index in [1.54, 1.807) is 61.7 Å². The van der Waals surface area contributed by atoms with Crippen molar-refractivity contribution >= 4 is 28.5 Å². The molecule has 3 aromatic carbocycles. The lowest BCUT2D eigenvalue weighted by Crippen LogP contribution is -2.33. The molecule has 7 heteroatoms. The maximum absolute atomic E-state index is 13.5. The van der Waals surface area contributed by atoms with Crippen molar-refractivity contribution in [3.8, 4) is 5.75 Å². The van der Waals surface area contributed by atoms with E-state index in [4.69, 9.17) is 20.8 Å². The van der Waals surface area contributed by atoms with Gasteiger partial charge in [0.25, 0.3) is 5.91 Å². The summed E-state index contributed by atoms with van der Waals surface area (Å²) in [6.45, 7) is -0.0136. The van der Waals surface area contributed by atoms with Crippen LogP contribution < -0.4 is 10.2 Å². The summed E-state index contributed by atoms with van der Waals surface area (Å²) in [7, 11) is 1.57. The van der Waals surface area contributed by atoms with Gasteiger partial charge in [-0.1, -0.05) is 54.1 Å². The normalized spacial score (nSPS) is 16.2. The van der Waals surface area contributed by atoms with Gasteiger partial charge in [-0.15, -0.1) is 0 Å². The Bertz CT molecular complexity index is 1400. The molecule has 0 aliphatic carbocycles. The molecule has 0 spiro atoms. The molecule has 1 aliphatic heterocycles. The lowest BCUT2D eigenvalue weighted by atomic mass is 9.98. The number of ether oxygens (including phenoxy) is 1. The molecule has 0 saturated heterocycles. The predicted octanol–water partition coefficient (Wildman–Crippen LogP) is 4.73. The van der Waals surface area contributed by atoms with Crippen LogP contribution in [0.15, 0.2) is 82.0 Å². The highest BCUT2D eigenvalue weighted by Gasteiger charge is 2.43. The quantitative estimate of drug-likeness (QED) is 0.464. The van der Waals surface area contributed by atoms with Gasteiger partial charge in [0.1, 0.15) is 11.3 Å². The second kappa shape index (κ2) is 8.39. The average Bonchev–Trinajstić information content (AvgIpc) is 3.12. The molecule has 0 radical (unpaired) electrons. The molecule has 33 heavy (non-hydrogen) atoms. The number of amides is 1. The Labute approximate surface area is 194 Å². The zero-order chi connectivity index (χ0) is 23.1. The number of benzene rings is 3. The summed E-state index contributed by atoms with van der Waals surface area (Å²) in [6, 6.07) is 20.2. The summed E-state index contributed by atoms with van der Waals surface area (Å²) in [5.41, 5.74) is 1.58. The average molecular weight is 462 g/mol. The summed E-state index contributed by atoms with van der Waals surface area (Å²) in [6.07, 6.45) is -0.941. The van der Waals surface area contributed by atoms with Crippen LogP contribution in [0.4, 0.5) is 0 Å². The number of hydrogen-bond donors (Lipinski definition) is 1. The molecule has 0 saturated carbocycles. The Morgan fingerprint density at radius 1 is 1.06 bits per heavy atom. The maximum atomic E-state index is 13.5. The molecule has 2 unspecified atom stereocenters. The third-order valence-corrected chi connectivity index (χ3v) is 6.15. The summed E-state index contributed by atoms with van der Waals surface area (Å²) < 4.78 is 11.2. The van der Waals surface area contributed by atoms with Gasteiger partial charge in [-0.05, 0) is 41.5 Å². The minimum Gasteiger partial charge on any atom is -0.497 e. The van der Waals surface area contributed by atoms with Crippen LogP contribution in [0, 0.1) is 0 Å². The van der Waals surface area contributed by atoms with Crippen molar-refractivity contribution < 1.29 is 19.1 Å². The van der Waals surface area contributed by atoms with Crippen molar-refractivity contribution in [2.24, 2.45) is 0 Å². The molecule has 1 N–H and O–H groups in total. The first-order valence-electron chi connectivity index (χ1n) is 10.4. The number of aliphatic hydroxyl groups is 1. The number of β-amino-alcohol motifs (C(OH)–C–C–N with tert-alkyl or cyclic N) is 1. The van der Waals surface area contributed by atoms with Crippen LogP contribution in [0.3, 0.4) is 0 Å². The smallest absolute Gasteiger partial charge is 0.291 e. The highest BCUT2D eigenvalue weighted by molar-refractivity contribution is 6.31. The minimum atomic E-state index is -0.941. The van der Waals surface area contributed by atoms with Crippen LogP contribution in [0.25, 0.3) is 11.0 Å². The maximum Gasteiger partial charge on any atom is 0.291 e. The molecule has 1 aliphatic rings. The molecule has 0 fully saturated rings. The van der Waals surface area contributed by atoms with Crippen LogP contribution in [0.5, 0.6) is 5.75 Å². The summed E-state index contributed by atoms with van der Waals surface area (Å²) in [5, 5.41) is 11.6. The highest BCUT2D eigenvalue weighted by atomic mass is 35.5. The summed E-state index contributed by atoms with van der Waals surface area (Å²) in [5.74, 6) is 0.183. The highest BCUT2D eigenvalue weighted by Crippen LogP contribution is 2.39. The van der Waals surface area contributed by atoms with Crippen molar-refractivity contribution in [3.05, 3.63) is 110 Å². The Morgan fingerprint density at radius 2 is 1.79 bits per heavy atom. The van der Waals surface area contributed by atoms with Crippen molar-refractivity contribution in [3.63, 3.8) is 0 Å². The Balaban J connectivity index is 1.67. The number of carbonyl (C=O) groups is 1. The molecule has 4 aromatic rings. The standard InChI is InChI=1S/C26H20ClNO5/c1-32-18-10-7-16(8-11-18)23-22-24(30)19-13-17(27)9-12-21(19)33-25(22)26(31)28(23)14-20(29)15-5-3-2-4-6-15/h2-13,20,23,29H,14H2,1H3. The van der Waals surface area contributed by atoms with Crippen LogP contribution in [-0.2, 0) is 0 Å². The van der Waals surface area contributed by atoms with Gasteiger partial charge in [-0.2, -0.15) is 0 Å². The van der Waals surface area contributed by atoms with Gasteiger partial charge in [0.15, 0.2) is 5.43 Å². The number of methoxy groups -OCH3 is 1. The fourth-order valence-electron chi connectivity index (χ4n) is 4.28. The molecule has 2 heterocycles. The number of hydrogen-bond acceptors (Lipinski definition) is 5. The lowest BCUT2D eigenvalue weighted by molar-refractivity contribution is 0.0583. The summed E-state index contributed by atoms with van der Waals surface area (Å²) in [4.78, 5) is 28.5. The fraction of sp³-hybridized carbons (Fsp3) is 0.154. The first-order valence-corrected chi connectivity index (χ1v) is 10.8. The predicted molar refractivity (Wildman–Crippen MR) is 125 cm³/mol. The van der Waals surface area contributed by atoms with E-state index < -0.39 is 18.1 Å². The van der Waals surface area contributed by atoms with Crippen molar-refractivity contribution in [2.75, 3.05) is 13.7 Å². The van der Waals surface area contributed by atoms with E-state index in [2.05, 4.69) is 0 Å². The van der Waals surface area contributed by atoms with E-state index in [9.17, 15) is 14.7 Å². The number of fused-ring (bicyclic) bond motifs is 2. The summed E-state index contributed by atoms with van der Waals surface area (Å²) >= 11 is 6.12. The topological polar surface area (TPSA) is 80.0 Å². The van der Waals surface area contributed by atoms with E-state index in [-0.39, 0.29) is 28.9 Å². The largest absolute Gasteiger partial charge is 0.497 e.